The molecule has 26 heavy (non-hydrogen) atoms. The van der Waals surface area contributed by atoms with Crippen molar-refractivity contribution in [2.24, 2.45) is 5.92 Å². The van der Waals surface area contributed by atoms with Crippen LogP contribution in [0.15, 0.2) is 22.6 Å². The summed E-state index contributed by atoms with van der Waals surface area (Å²) in [5.74, 6) is 1.82. The Kier molecular flexibility index (Phi) is 5.20. The molecule has 140 valence electrons. The number of aryl methyl sites for hydroxylation is 1. The maximum atomic E-state index is 14.4. The van der Waals surface area contributed by atoms with E-state index in [4.69, 9.17) is 4.42 Å². The van der Waals surface area contributed by atoms with Crippen LogP contribution < -0.4 is 10.2 Å². The molecule has 1 saturated carbocycles. The molecule has 0 radical (unpaired) electrons. The molecule has 4 rings (SSSR count). The zero-order valence-corrected chi connectivity index (χ0v) is 15.4. The highest BCUT2D eigenvalue weighted by atomic mass is 19.1. The Morgan fingerprint density at radius 1 is 1.23 bits per heavy atom. The number of hydrogen-bond donors (Lipinski definition) is 1. The van der Waals surface area contributed by atoms with Crippen LogP contribution in [0.1, 0.15) is 49.4 Å². The van der Waals surface area contributed by atoms with E-state index in [0.717, 1.165) is 55.9 Å². The van der Waals surface area contributed by atoms with Crippen molar-refractivity contribution in [1.29, 1.82) is 0 Å². The smallest absolute Gasteiger partial charge is 0.216 e. The van der Waals surface area contributed by atoms with Crippen LogP contribution in [0.25, 0.3) is 0 Å². The highest BCUT2D eigenvalue weighted by Gasteiger charge is 2.27. The van der Waals surface area contributed by atoms with E-state index in [1.165, 1.54) is 12.8 Å². The Morgan fingerprint density at radius 3 is 2.85 bits per heavy atom. The number of nitrogens with one attached hydrogen (secondary N) is 1. The summed E-state index contributed by atoms with van der Waals surface area (Å²) in [6.45, 7) is 4.48. The lowest BCUT2D eigenvalue weighted by Gasteiger charge is -2.23. The van der Waals surface area contributed by atoms with Crippen molar-refractivity contribution in [1.82, 2.24) is 15.5 Å². The monoisotopic (exact) mass is 358 g/mol. The van der Waals surface area contributed by atoms with Crippen molar-refractivity contribution >= 4 is 5.69 Å². The number of benzene rings is 1. The van der Waals surface area contributed by atoms with Crippen LogP contribution in [0.4, 0.5) is 10.1 Å². The van der Waals surface area contributed by atoms with Crippen molar-refractivity contribution in [2.45, 2.75) is 58.0 Å². The quantitative estimate of drug-likeness (QED) is 0.855. The predicted molar refractivity (Wildman–Crippen MR) is 98.6 cm³/mol. The van der Waals surface area contributed by atoms with E-state index in [2.05, 4.69) is 26.5 Å². The molecule has 1 aliphatic carbocycles. The van der Waals surface area contributed by atoms with Crippen molar-refractivity contribution in [3.8, 4) is 0 Å². The van der Waals surface area contributed by atoms with Gasteiger partial charge in [0.2, 0.25) is 11.8 Å². The first-order valence-electron chi connectivity index (χ1n) is 9.74. The molecule has 0 spiro atoms. The number of hydrogen-bond acceptors (Lipinski definition) is 5. The Bertz CT molecular complexity index is 741. The highest BCUT2D eigenvalue weighted by molar-refractivity contribution is 5.54. The molecule has 1 aliphatic heterocycles. The number of nitrogens with zero attached hydrogens (tertiary/aromatic N) is 3. The molecule has 0 amide bonds. The summed E-state index contributed by atoms with van der Waals surface area (Å²) >= 11 is 0. The van der Waals surface area contributed by atoms with E-state index in [-0.39, 0.29) is 5.82 Å². The average Bonchev–Trinajstić information content (AvgIpc) is 3.37. The molecule has 2 fully saturated rings. The third-order valence-electron chi connectivity index (χ3n) is 5.68. The molecule has 0 bridgehead atoms. The summed E-state index contributed by atoms with van der Waals surface area (Å²) in [5.41, 5.74) is 1.87. The molecule has 1 aromatic heterocycles. The summed E-state index contributed by atoms with van der Waals surface area (Å²) in [5, 5.41) is 11.6. The number of anilines is 1. The van der Waals surface area contributed by atoms with Crippen LogP contribution in [0, 0.1) is 18.7 Å². The largest absolute Gasteiger partial charge is 0.426 e. The van der Waals surface area contributed by atoms with E-state index in [1.807, 2.05) is 13.0 Å². The molecule has 2 atom stereocenters. The molecule has 1 aromatic carbocycles. The van der Waals surface area contributed by atoms with Gasteiger partial charge in [0.1, 0.15) is 5.82 Å². The van der Waals surface area contributed by atoms with Crippen molar-refractivity contribution in [3.05, 3.63) is 41.4 Å². The molecule has 6 heteroatoms. The van der Waals surface area contributed by atoms with Gasteiger partial charge in [-0.05, 0) is 50.2 Å². The Balaban J connectivity index is 1.34. The van der Waals surface area contributed by atoms with Crippen LogP contribution in [0.3, 0.4) is 0 Å². The third-order valence-corrected chi connectivity index (χ3v) is 5.68. The van der Waals surface area contributed by atoms with E-state index in [9.17, 15) is 4.39 Å². The second-order valence-electron chi connectivity index (χ2n) is 7.61. The molecular formula is C20H27FN4O. The minimum absolute atomic E-state index is 0.0993. The van der Waals surface area contributed by atoms with Crippen LogP contribution in [-0.2, 0) is 13.0 Å². The lowest BCUT2D eigenvalue weighted by atomic mass is 10.0. The fourth-order valence-corrected chi connectivity index (χ4v) is 4.34. The Morgan fingerprint density at radius 2 is 2.08 bits per heavy atom. The van der Waals surface area contributed by atoms with Crippen LogP contribution >= 0.6 is 0 Å². The standard InChI is InChI=1S/C20H27FN4O/c1-14-23-24-20(26-14)12-15-7-8-16(11-15)22-13-17-18(21)5-4-6-19(17)25-9-2-3-10-25/h4-6,15-16,22H,2-3,7-13H2,1H3/t15-,16+/m1/s1. The number of aromatic nitrogens is 2. The van der Waals surface area contributed by atoms with Gasteiger partial charge in [-0.15, -0.1) is 10.2 Å². The normalized spacial score (nSPS) is 23.1. The molecular weight excluding hydrogens is 331 g/mol. The zero-order valence-electron chi connectivity index (χ0n) is 15.4. The van der Waals surface area contributed by atoms with Gasteiger partial charge in [0.05, 0.1) is 0 Å². The third kappa shape index (κ3) is 3.90. The lowest BCUT2D eigenvalue weighted by molar-refractivity contribution is 0.408. The van der Waals surface area contributed by atoms with Gasteiger partial charge < -0.3 is 14.6 Å². The van der Waals surface area contributed by atoms with E-state index in [1.54, 1.807) is 6.07 Å². The molecule has 2 heterocycles. The molecule has 1 saturated heterocycles. The van der Waals surface area contributed by atoms with Crippen molar-refractivity contribution < 1.29 is 8.81 Å². The summed E-state index contributed by atoms with van der Waals surface area (Å²) in [4.78, 5) is 2.31. The van der Waals surface area contributed by atoms with Gasteiger partial charge in [-0.25, -0.2) is 4.39 Å². The number of halogens is 1. The van der Waals surface area contributed by atoms with Crippen molar-refractivity contribution in [2.75, 3.05) is 18.0 Å². The second kappa shape index (κ2) is 7.74. The average molecular weight is 358 g/mol. The molecule has 2 aliphatic rings. The predicted octanol–water partition coefficient (Wildman–Crippen LogP) is 3.62. The van der Waals surface area contributed by atoms with Crippen molar-refractivity contribution in [3.63, 3.8) is 0 Å². The van der Waals surface area contributed by atoms with Gasteiger partial charge in [-0.3, -0.25) is 0 Å². The van der Waals surface area contributed by atoms with E-state index in [0.29, 0.717) is 24.4 Å². The minimum Gasteiger partial charge on any atom is -0.426 e. The Labute approximate surface area is 154 Å². The topological polar surface area (TPSA) is 54.2 Å². The first kappa shape index (κ1) is 17.5. The maximum absolute atomic E-state index is 14.4. The van der Waals surface area contributed by atoms with Gasteiger partial charge in [0.25, 0.3) is 0 Å². The van der Waals surface area contributed by atoms with Crippen LogP contribution in [0.5, 0.6) is 0 Å². The summed E-state index contributed by atoms with van der Waals surface area (Å²) in [7, 11) is 0. The highest BCUT2D eigenvalue weighted by Crippen LogP contribution is 2.30. The van der Waals surface area contributed by atoms with Crippen LogP contribution in [0.2, 0.25) is 0 Å². The molecule has 0 unspecified atom stereocenters. The second-order valence-corrected chi connectivity index (χ2v) is 7.61. The zero-order chi connectivity index (χ0) is 17.9. The van der Waals surface area contributed by atoms with Gasteiger partial charge >= 0.3 is 0 Å². The SMILES string of the molecule is Cc1nnc(C[C@@H]2CC[C@H](NCc3c(F)cccc3N3CCCC3)C2)o1. The van der Waals surface area contributed by atoms with E-state index >= 15 is 0 Å². The summed E-state index contributed by atoms with van der Waals surface area (Å²) < 4.78 is 20.0. The number of rotatable bonds is 6. The van der Waals surface area contributed by atoms with E-state index < -0.39 is 0 Å². The maximum Gasteiger partial charge on any atom is 0.216 e. The van der Waals surface area contributed by atoms with Gasteiger partial charge in [-0.2, -0.15) is 0 Å². The Hall–Kier alpha value is -1.95. The fourth-order valence-electron chi connectivity index (χ4n) is 4.34. The van der Waals surface area contributed by atoms with Gasteiger partial charge in [0.15, 0.2) is 0 Å². The lowest BCUT2D eigenvalue weighted by Crippen LogP contribution is -2.28. The fraction of sp³-hybridized carbons (Fsp3) is 0.600. The minimum atomic E-state index is -0.0993. The first-order chi connectivity index (χ1) is 12.7. The molecule has 5 nitrogen and oxygen atoms in total. The van der Waals surface area contributed by atoms with Gasteiger partial charge in [-0.1, -0.05) is 6.07 Å². The summed E-state index contributed by atoms with van der Waals surface area (Å²) in [6, 6.07) is 5.88. The van der Waals surface area contributed by atoms with Crippen LogP contribution in [-0.4, -0.2) is 29.3 Å². The molecule has 2 aromatic rings. The summed E-state index contributed by atoms with van der Waals surface area (Å²) in [6.07, 6.45) is 6.58. The first-order valence-corrected chi connectivity index (χ1v) is 9.74. The molecule has 1 N–H and O–H groups in total. The van der Waals surface area contributed by atoms with Gasteiger partial charge in [0, 0.05) is 50.3 Å².